The quantitative estimate of drug-likeness (QED) is 0.736. The van der Waals surface area contributed by atoms with Gasteiger partial charge in [-0.05, 0) is 56.5 Å². The van der Waals surface area contributed by atoms with E-state index in [9.17, 15) is 0 Å². The van der Waals surface area contributed by atoms with Crippen LogP contribution in [0.5, 0.6) is 0 Å². The number of aromatic nitrogens is 1. The lowest BCUT2D eigenvalue weighted by molar-refractivity contribution is 0.690. The third-order valence-corrected chi connectivity index (χ3v) is 4.63. The van der Waals surface area contributed by atoms with Crippen LogP contribution in [0.25, 0.3) is 10.9 Å². The molecule has 0 aliphatic rings. The van der Waals surface area contributed by atoms with Crippen molar-refractivity contribution in [2.75, 3.05) is 6.54 Å². The maximum atomic E-state index is 6.11. The van der Waals surface area contributed by atoms with E-state index in [-0.39, 0.29) is 0 Å². The summed E-state index contributed by atoms with van der Waals surface area (Å²) in [6, 6.07) is 15.2. The first-order chi connectivity index (χ1) is 10.6. The first kappa shape index (κ1) is 14.9. The number of H-pyrrole nitrogens is 1. The van der Waals surface area contributed by atoms with Gasteiger partial charge in [-0.15, -0.1) is 0 Å². The standard InChI is InChI=1S/C20H24N2/c1-13-8-9-17(14(2)10-13)16(12-21)11-19-15(3)22-20-7-5-4-6-18(19)20/h4-10,16,22H,11-12,21H2,1-3H3. The van der Waals surface area contributed by atoms with Crippen LogP contribution in [-0.4, -0.2) is 11.5 Å². The van der Waals surface area contributed by atoms with Gasteiger partial charge in [-0.2, -0.15) is 0 Å². The summed E-state index contributed by atoms with van der Waals surface area (Å²) in [5.74, 6) is 0.360. The van der Waals surface area contributed by atoms with Gasteiger partial charge in [0.1, 0.15) is 0 Å². The lowest BCUT2D eigenvalue weighted by Crippen LogP contribution is -2.16. The average Bonchev–Trinajstić information content (AvgIpc) is 2.81. The number of nitrogens with two attached hydrogens (primary N) is 1. The van der Waals surface area contributed by atoms with Crippen LogP contribution in [-0.2, 0) is 6.42 Å². The molecule has 0 amide bonds. The Hall–Kier alpha value is -2.06. The van der Waals surface area contributed by atoms with Crippen molar-refractivity contribution in [2.45, 2.75) is 33.1 Å². The van der Waals surface area contributed by atoms with E-state index >= 15 is 0 Å². The predicted octanol–water partition coefficient (Wildman–Crippen LogP) is 4.38. The zero-order valence-corrected chi connectivity index (χ0v) is 13.6. The highest BCUT2D eigenvalue weighted by Crippen LogP contribution is 2.29. The highest BCUT2D eigenvalue weighted by molar-refractivity contribution is 5.84. The van der Waals surface area contributed by atoms with Gasteiger partial charge in [0.15, 0.2) is 0 Å². The lowest BCUT2D eigenvalue weighted by atomic mass is 9.87. The van der Waals surface area contributed by atoms with E-state index in [4.69, 9.17) is 5.73 Å². The minimum Gasteiger partial charge on any atom is -0.358 e. The molecule has 1 aromatic heterocycles. The molecule has 114 valence electrons. The van der Waals surface area contributed by atoms with E-state index in [0.29, 0.717) is 12.5 Å². The fourth-order valence-electron chi connectivity index (χ4n) is 3.45. The van der Waals surface area contributed by atoms with Crippen molar-refractivity contribution in [1.29, 1.82) is 0 Å². The minimum absolute atomic E-state index is 0.360. The summed E-state index contributed by atoms with van der Waals surface area (Å²) >= 11 is 0. The molecule has 22 heavy (non-hydrogen) atoms. The second-order valence-corrected chi connectivity index (χ2v) is 6.27. The molecule has 3 rings (SSSR count). The zero-order valence-electron chi connectivity index (χ0n) is 13.6. The van der Waals surface area contributed by atoms with Crippen molar-refractivity contribution < 1.29 is 0 Å². The Balaban J connectivity index is 2.00. The summed E-state index contributed by atoms with van der Waals surface area (Å²) in [6.45, 7) is 7.15. The summed E-state index contributed by atoms with van der Waals surface area (Å²) in [7, 11) is 0. The minimum atomic E-state index is 0.360. The Kier molecular flexibility index (Phi) is 4.04. The van der Waals surface area contributed by atoms with Gasteiger partial charge in [0.2, 0.25) is 0 Å². The Morgan fingerprint density at radius 3 is 2.55 bits per heavy atom. The van der Waals surface area contributed by atoms with Crippen LogP contribution in [0.1, 0.15) is 33.9 Å². The maximum absolute atomic E-state index is 6.11. The monoisotopic (exact) mass is 292 g/mol. The first-order valence-electron chi connectivity index (χ1n) is 7.93. The van der Waals surface area contributed by atoms with Crippen molar-refractivity contribution in [3.63, 3.8) is 0 Å². The number of aromatic amines is 1. The number of hydrogen-bond acceptors (Lipinski definition) is 1. The first-order valence-corrected chi connectivity index (χ1v) is 7.93. The highest BCUT2D eigenvalue weighted by Gasteiger charge is 2.17. The van der Waals surface area contributed by atoms with Gasteiger partial charge in [-0.3, -0.25) is 0 Å². The molecule has 3 aromatic rings. The van der Waals surface area contributed by atoms with Crippen LogP contribution < -0.4 is 5.73 Å². The van der Waals surface area contributed by atoms with E-state index in [1.165, 1.54) is 38.9 Å². The Labute approximate surface area is 132 Å². The third kappa shape index (κ3) is 2.67. The third-order valence-electron chi connectivity index (χ3n) is 4.63. The molecule has 1 heterocycles. The Morgan fingerprint density at radius 2 is 1.82 bits per heavy atom. The Bertz CT molecular complexity index is 799. The average molecular weight is 292 g/mol. The molecule has 0 saturated carbocycles. The Morgan fingerprint density at radius 1 is 1.05 bits per heavy atom. The number of hydrogen-bond donors (Lipinski definition) is 2. The predicted molar refractivity (Wildman–Crippen MR) is 94.5 cm³/mol. The summed E-state index contributed by atoms with van der Waals surface area (Å²) in [4.78, 5) is 3.49. The molecule has 0 spiro atoms. The van der Waals surface area contributed by atoms with Crippen LogP contribution in [0, 0.1) is 20.8 Å². The van der Waals surface area contributed by atoms with Crippen molar-refractivity contribution in [3.05, 3.63) is 70.4 Å². The SMILES string of the molecule is Cc1ccc(C(CN)Cc2c(C)[nH]c3ccccc23)c(C)c1. The van der Waals surface area contributed by atoms with Gasteiger partial charge in [0, 0.05) is 22.5 Å². The number of benzene rings is 2. The van der Waals surface area contributed by atoms with Crippen molar-refractivity contribution in [2.24, 2.45) is 5.73 Å². The molecule has 0 bridgehead atoms. The molecular formula is C20H24N2. The van der Waals surface area contributed by atoms with Gasteiger partial charge < -0.3 is 10.7 Å². The molecule has 3 N–H and O–H groups in total. The smallest absolute Gasteiger partial charge is 0.0458 e. The second-order valence-electron chi connectivity index (χ2n) is 6.27. The van der Waals surface area contributed by atoms with Gasteiger partial charge in [0.25, 0.3) is 0 Å². The molecule has 1 atom stereocenters. The molecule has 0 fully saturated rings. The molecule has 0 saturated heterocycles. The van der Waals surface area contributed by atoms with Crippen LogP contribution >= 0.6 is 0 Å². The summed E-state index contributed by atoms with van der Waals surface area (Å²) in [5.41, 5.74) is 14.0. The largest absolute Gasteiger partial charge is 0.358 e. The van der Waals surface area contributed by atoms with Crippen LogP contribution in [0.4, 0.5) is 0 Å². The number of fused-ring (bicyclic) bond motifs is 1. The topological polar surface area (TPSA) is 41.8 Å². The molecule has 2 nitrogen and oxygen atoms in total. The summed E-state index contributed by atoms with van der Waals surface area (Å²) in [6.07, 6.45) is 0.982. The van der Waals surface area contributed by atoms with E-state index in [2.05, 4.69) is 68.2 Å². The molecule has 1 unspecified atom stereocenters. The summed E-state index contributed by atoms with van der Waals surface area (Å²) < 4.78 is 0. The lowest BCUT2D eigenvalue weighted by Gasteiger charge is -2.18. The molecule has 0 aliphatic carbocycles. The number of nitrogens with one attached hydrogen (secondary N) is 1. The summed E-state index contributed by atoms with van der Waals surface area (Å²) in [5, 5.41) is 1.32. The number of para-hydroxylation sites is 1. The maximum Gasteiger partial charge on any atom is 0.0458 e. The fourth-order valence-corrected chi connectivity index (χ4v) is 3.45. The highest BCUT2D eigenvalue weighted by atomic mass is 14.7. The second kappa shape index (κ2) is 5.98. The van der Waals surface area contributed by atoms with Crippen LogP contribution in [0.15, 0.2) is 42.5 Å². The molecule has 2 heteroatoms. The van der Waals surface area contributed by atoms with E-state index in [1.807, 2.05) is 0 Å². The van der Waals surface area contributed by atoms with Crippen LogP contribution in [0.3, 0.4) is 0 Å². The van der Waals surface area contributed by atoms with E-state index < -0.39 is 0 Å². The van der Waals surface area contributed by atoms with Gasteiger partial charge >= 0.3 is 0 Å². The van der Waals surface area contributed by atoms with Crippen LogP contribution in [0.2, 0.25) is 0 Å². The van der Waals surface area contributed by atoms with Crippen molar-refractivity contribution >= 4 is 10.9 Å². The zero-order chi connectivity index (χ0) is 15.7. The molecule has 0 aliphatic heterocycles. The van der Waals surface area contributed by atoms with Crippen molar-refractivity contribution in [3.8, 4) is 0 Å². The molecule has 2 aromatic carbocycles. The van der Waals surface area contributed by atoms with Crippen molar-refractivity contribution in [1.82, 2.24) is 4.98 Å². The van der Waals surface area contributed by atoms with E-state index in [0.717, 1.165) is 6.42 Å². The normalized spacial score (nSPS) is 12.7. The van der Waals surface area contributed by atoms with Gasteiger partial charge in [0.05, 0.1) is 0 Å². The number of rotatable bonds is 4. The number of aryl methyl sites for hydroxylation is 3. The molecular weight excluding hydrogens is 268 g/mol. The fraction of sp³-hybridized carbons (Fsp3) is 0.300. The van der Waals surface area contributed by atoms with Gasteiger partial charge in [-0.25, -0.2) is 0 Å². The van der Waals surface area contributed by atoms with Gasteiger partial charge in [-0.1, -0.05) is 42.0 Å². The van der Waals surface area contributed by atoms with E-state index in [1.54, 1.807) is 0 Å². The molecule has 0 radical (unpaired) electrons.